The predicted octanol–water partition coefficient (Wildman–Crippen LogP) is 3.24. The van der Waals surface area contributed by atoms with E-state index in [0.29, 0.717) is 29.2 Å². The molecule has 1 amide bonds. The van der Waals surface area contributed by atoms with Crippen LogP contribution in [0.25, 0.3) is 0 Å². The molecule has 0 aromatic heterocycles. The molecule has 0 fully saturated rings. The quantitative estimate of drug-likeness (QED) is 0.780. The van der Waals surface area contributed by atoms with Gasteiger partial charge in [0.25, 0.3) is 0 Å². The number of rotatable bonds is 8. The van der Waals surface area contributed by atoms with Gasteiger partial charge in [0.05, 0.1) is 21.3 Å². The van der Waals surface area contributed by atoms with Crippen LogP contribution in [0.15, 0.2) is 30.3 Å². The lowest BCUT2D eigenvalue weighted by Gasteiger charge is -2.14. The van der Waals surface area contributed by atoms with Crippen molar-refractivity contribution in [3.63, 3.8) is 0 Å². The van der Waals surface area contributed by atoms with Gasteiger partial charge in [0, 0.05) is 24.6 Å². The third kappa shape index (κ3) is 4.84. The molecule has 0 radical (unpaired) electrons. The molecule has 0 saturated heterocycles. The van der Waals surface area contributed by atoms with E-state index in [9.17, 15) is 13.6 Å². The number of halogens is 2. The molecule has 140 valence electrons. The fraction of sp³-hybridized carbons (Fsp3) is 0.316. The van der Waals surface area contributed by atoms with E-state index in [4.69, 9.17) is 14.2 Å². The lowest BCUT2D eigenvalue weighted by atomic mass is 10.1. The van der Waals surface area contributed by atoms with Crippen molar-refractivity contribution in [3.05, 3.63) is 53.1 Å². The van der Waals surface area contributed by atoms with Crippen molar-refractivity contribution in [1.82, 2.24) is 5.32 Å². The summed E-state index contributed by atoms with van der Waals surface area (Å²) in [6, 6.07) is 7.02. The highest BCUT2D eigenvalue weighted by Crippen LogP contribution is 2.34. The molecule has 0 spiro atoms. The minimum Gasteiger partial charge on any atom is -0.496 e. The summed E-state index contributed by atoms with van der Waals surface area (Å²) >= 11 is 0. The number of ether oxygens (including phenoxy) is 3. The van der Waals surface area contributed by atoms with E-state index < -0.39 is 11.6 Å². The first kappa shape index (κ1) is 19.5. The maximum atomic E-state index is 13.2. The lowest BCUT2D eigenvalue weighted by molar-refractivity contribution is -0.121. The molecular weight excluding hydrogens is 344 g/mol. The second-order valence-electron chi connectivity index (χ2n) is 5.54. The molecule has 26 heavy (non-hydrogen) atoms. The van der Waals surface area contributed by atoms with E-state index in [1.54, 1.807) is 12.1 Å². The molecule has 0 heterocycles. The molecule has 2 aromatic carbocycles. The van der Waals surface area contributed by atoms with Gasteiger partial charge in [-0.1, -0.05) is 6.07 Å². The molecule has 0 aliphatic heterocycles. The Morgan fingerprint density at radius 1 is 0.923 bits per heavy atom. The number of carbonyl (C=O) groups is 1. The zero-order valence-corrected chi connectivity index (χ0v) is 14.9. The van der Waals surface area contributed by atoms with Crippen LogP contribution in [0.1, 0.15) is 17.5 Å². The topological polar surface area (TPSA) is 56.8 Å². The molecule has 0 unspecified atom stereocenters. The summed E-state index contributed by atoms with van der Waals surface area (Å²) in [5.74, 6) is -0.427. The molecule has 5 nitrogen and oxygen atoms in total. The molecule has 0 atom stereocenters. The fourth-order valence-corrected chi connectivity index (χ4v) is 2.47. The highest BCUT2D eigenvalue weighted by molar-refractivity contribution is 5.76. The molecular formula is C19H21F2NO4. The van der Waals surface area contributed by atoms with Gasteiger partial charge in [0.1, 0.15) is 5.75 Å². The average Bonchev–Trinajstić information content (AvgIpc) is 2.66. The van der Waals surface area contributed by atoms with Gasteiger partial charge >= 0.3 is 0 Å². The van der Waals surface area contributed by atoms with E-state index in [2.05, 4.69) is 5.32 Å². The van der Waals surface area contributed by atoms with Crippen LogP contribution in [0.2, 0.25) is 0 Å². The Hall–Kier alpha value is -2.83. The van der Waals surface area contributed by atoms with Crippen molar-refractivity contribution in [2.24, 2.45) is 0 Å². The van der Waals surface area contributed by atoms with E-state index in [0.717, 1.165) is 17.7 Å². The van der Waals surface area contributed by atoms with Gasteiger partial charge in [-0.2, -0.15) is 0 Å². The first-order chi connectivity index (χ1) is 12.5. The minimum absolute atomic E-state index is 0.153. The summed E-state index contributed by atoms with van der Waals surface area (Å²) in [6.45, 7) is 0.236. The highest BCUT2D eigenvalue weighted by Gasteiger charge is 2.13. The summed E-state index contributed by atoms with van der Waals surface area (Å²) in [7, 11) is 4.57. The molecule has 1 N–H and O–H groups in total. The monoisotopic (exact) mass is 365 g/mol. The number of aryl methyl sites for hydroxylation is 1. The average molecular weight is 365 g/mol. The normalized spacial score (nSPS) is 10.3. The summed E-state index contributed by atoms with van der Waals surface area (Å²) in [5, 5.41) is 2.78. The Bertz CT molecular complexity index is 780. The minimum atomic E-state index is -0.919. The van der Waals surface area contributed by atoms with Gasteiger partial charge in [-0.15, -0.1) is 0 Å². The SMILES string of the molecule is COc1cc(OC)c(OC)cc1CNC(=O)CCc1ccc(F)c(F)c1. The van der Waals surface area contributed by atoms with Crippen LogP contribution in [0.4, 0.5) is 8.78 Å². The van der Waals surface area contributed by atoms with Crippen LogP contribution in [-0.2, 0) is 17.8 Å². The summed E-state index contributed by atoms with van der Waals surface area (Å²) in [4.78, 5) is 12.0. The molecule has 0 bridgehead atoms. The third-order valence-electron chi connectivity index (χ3n) is 3.89. The Labute approximate surface area is 150 Å². The van der Waals surface area contributed by atoms with Gasteiger partial charge in [0.2, 0.25) is 5.91 Å². The zero-order chi connectivity index (χ0) is 19.1. The van der Waals surface area contributed by atoms with Gasteiger partial charge < -0.3 is 19.5 Å². The maximum absolute atomic E-state index is 13.2. The first-order valence-electron chi connectivity index (χ1n) is 7.98. The Morgan fingerprint density at radius 3 is 2.19 bits per heavy atom. The molecule has 0 aliphatic carbocycles. The first-order valence-corrected chi connectivity index (χ1v) is 7.98. The van der Waals surface area contributed by atoms with Crippen molar-refractivity contribution in [3.8, 4) is 17.2 Å². The third-order valence-corrected chi connectivity index (χ3v) is 3.89. The van der Waals surface area contributed by atoms with E-state index in [1.165, 1.54) is 27.4 Å². The zero-order valence-electron chi connectivity index (χ0n) is 14.9. The summed E-state index contributed by atoms with van der Waals surface area (Å²) in [6.07, 6.45) is 0.465. The van der Waals surface area contributed by atoms with E-state index in [1.807, 2.05) is 0 Å². The second-order valence-corrected chi connectivity index (χ2v) is 5.54. The Balaban J connectivity index is 1.97. The standard InChI is InChI=1S/C19H21F2NO4/c1-24-16-10-18(26-3)17(25-2)9-13(16)11-22-19(23)7-5-12-4-6-14(20)15(21)8-12/h4,6,8-10H,5,7,11H2,1-3H3,(H,22,23). The number of carbonyl (C=O) groups excluding carboxylic acids is 1. The summed E-state index contributed by atoms with van der Waals surface area (Å²) in [5.41, 5.74) is 1.29. The van der Waals surface area contributed by atoms with Crippen LogP contribution in [0, 0.1) is 11.6 Å². The highest BCUT2D eigenvalue weighted by atomic mass is 19.2. The van der Waals surface area contributed by atoms with Gasteiger partial charge in [-0.05, 0) is 30.2 Å². The predicted molar refractivity (Wildman–Crippen MR) is 92.6 cm³/mol. The van der Waals surface area contributed by atoms with Crippen LogP contribution in [0.5, 0.6) is 17.2 Å². The molecule has 2 rings (SSSR count). The van der Waals surface area contributed by atoms with E-state index in [-0.39, 0.29) is 18.9 Å². The second kappa shape index (κ2) is 9.03. The lowest BCUT2D eigenvalue weighted by Crippen LogP contribution is -2.23. The number of nitrogens with one attached hydrogen (secondary N) is 1. The van der Waals surface area contributed by atoms with Crippen LogP contribution < -0.4 is 19.5 Å². The number of methoxy groups -OCH3 is 3. The van der Waals surface area contributed by atoms with Crippen molar-refractivity contribution in [2.45, 2.75) is 19.4 Å². The van der Waals surface area contributed by atoms with Crippen LogP contribution in [-0.4, -0.2) is 27.2 Å². The summed E-state index contributed by atoms with van der Waals surface area (Å²) < 4.78 is 41.9. The van der Waals surface area contributed by atoms with E-state index >= 15 is 0 Å². The number of benzene rings is 2. The van der Waals surface area contributed by atoms with Crippen molar-refractivity contribution < 1.29 is 27.8 Å². The number of hydrogen-bond donors (Lipinski definition) is 1. The van der Waals surface area contributed by atoms with Crippen molar-refractivity contribution in [2.75, 3.05) is 21.3 Å². The van der Waals surface area contributed by atoms with Gasteiger partial charge in [-0.25, -0.2) is 8.78 Å². The smallest absolute Gasteiger partial charge is 0.220 e. The van der Waals surface area contributed by atoms with Crippen molar-refractivity contribution >= 4 is 5.91 Å². The Kier molecular flexibility index (Phi) is 6.77. The van der Waals surface area contributed by atoms with Gasteiger partial charge in [0.15, 0.2) is 23.1 Å². The van der Waals surface area contributed by atoms with Crippen LogP contribution in [0.3, 0.4) is 0 Å². The number of amides is 1. The van der Waals surface area contributed by atoms with Crippen LogP contribution >= 0.6 is 0 Å². The molecule has 2 aromatic rings. The molecule has 0 saturated carbocycles. The molecule has 0 aliphatic rings. The maximum Gasteiger partial charge on any atom is 0.220 e. The van der Waals surface area contributed by atoms with Gasteiger partial charge in [-0.3, -0.25) is 4.79 Å². The Morgan fingerprint density at radius 2 is 1.58 bits per heavy atom. The molecule has 7 heteroatoms. The largest absolute Gasteiger partial charge is 0.496 e. The van der Waals surface area contributed by atoms with Crippen molar-refractivity contribution in [1.29, 1.82) is 0 Å². The number of hydrogen-bond acceptors (Lipinski definition) is 4. The fourth-order valence-electron chi connectivity index (χ4n) is 2.47.